The van der Waals surface area contributed by atoms with E-state index in [4.69, 9.17) is 5.10 Å². The lowest BCUT2D eigenvalue weighted by Crippen LogP contribution is -2.17. The second kappa shape index (κ2) is 7.59. The quantitative estimate of drug-likeness (QED) is 0.511. The summed E-state index contributed by atoms with van der Waals surface area (Å²) < 4.78 is 1.83. The Kier molecular flexibility index (Phi) is 4.84. The number of fused-ring (bicyclic) bond motifs is 1. The maximum Gasteiger partial charge on any atom is 0.177 e. The van der Waals surface area contributed by atoms with E-state index in [1.165, 1.54) is 0 Å². The van der Waals surface area contributed by atoms with Crippen molar-refractivity contribution in [2.75, 3.05) is 11.9 Å². The predicted octanol–water partition coefficient (Wildman–Crippen LogP) is 3.94. The van der Waals surface area contributed by atoms with Gasteiger partial charge in [0, 0.05) is 18.7 Å². The van der Waals surface area contributed by atoms with E-state index in [0.717, 1.165) is 45.7 Å². The molecule has 136 valence electrons. The number of hydrogen-bond acceptors (Lipinski definition) is 6. The van der Waals surface area contributed by atoms with Gasteiger partial charge in [0.25, 0.3) is 0 Å². The van der Waals surface area contributed by atoms with Gasteiger partial charge in [-0.3, -0.25) is 0 Å². The summed E-state index contributed by atoms with van der Waals surface area (Å²) in [6, 6.07) is 16.2. The molecular weight excluding hydrogens is 356 g/mol. The Morgan fingerprint density at radius 2 is 1.96 bits per heavy atom. The third kappa shape index (κ3) is 3.83. The van der Waals surface area contributed by atoms with Gasteiger partial charge in [-0.15, -0.1) is 21.5 Å². The lowest BCUT2D eigenvalue weighted by Gasteiger charge is -2.10. The van der Waals surface area contributed by atoms with E-state index >= 15 is 0 Å². The number of thiophene rings is 1. The molecule has 0 atom stereocenters. The van der Waals surface area contributed by atoms with Crippen LogP contribution in [-0.2, 0) is 6.42 Å². The minimum Gasteiger partial charge on any atom is -0.372 e. The first kappa shape index (κ1) is 17.2. The Morgan fingerprint density at radius 3 is 2.70 bits per heavy atom. The monoisotopic (exact) mass is 376 g/mol. The highest BCUT2D eigenvalue weighted by atomic mass is 32.1. The molecule has 1 aromatic carbocycles. The van der Waals surface area contributed by atoms with Crippen molar-refractivity contribution in [2.24, 2.45) is 0 Å². The lowest BCUT2D eigenvalue weighted by atomic mass is 10.1. The molecule has 3 heterocycles. The summed E-state index contributed by atoms with van der Waals surface area (Å²) in [5.74, 6) is 1.61. The number of anilines is 1. The second-order valence-electron chi connectivity index (χ2n) is 6.09. The van der Waals surface area contributed by atoms with Crippen LogP contribution >= 0.6 is 11.3 Å². The minimum absolute atomic E-state index is 0.663. The maximum atomic E-state index is 4.72. The Hall–Kier alpha value is -3.19. The van der Waals surface area contributed by atoms with Gasteiger partial charge in [-0.25, -0.2) is 0 Å². The average Bonchev–Trinajstić information content (AvgIpc) is 3.34. The van der Waals surface area contributed by atoms with Crippen LogP contribution in [0.2, 0.25) is 0 Å². The molecule has 0 saturated heterocycles. The SMILES string of the molecule is C=C(NCC)Nc1ccc(Cc2nnc3ccc(-c4cccs4)nn23)cc1. The van der Waals surface area contributed by atoms with Crippen LogP contribution in [0.4, 0.5) is 5.69 Å². The summed E-state index contributed by atoms with van der Waals surface area (Å²) in [5.41, 5.74) is 3.83. The molecule has 3 aromatic heterocycles. The number of nitrogens with zero attached hydrogens (tertiary/aromatic N) is 4. The Labute approximate surface area is 161 Å². The van der Waals surface area contributed by atoms with Crippen molar-refractivity contribution >= 4 is 22.7 Å². The first-order valence-corrected chi connectivity index (χ1v) is 9.65. The molecule has 0 amide bonds. The maximum absolute atomic E-state index is 4.72. The van der Waals surface area contributed by atoms with E-state index in [-0.39, 0.29) is 0 Å². The Balaban J connectivity index is 1.54. The van der Waals surface area contributed by atoms with Crippen LogP contribution < -0.4 is 10.6 Å². The molecule has 0 unspecified atom stereocenters. The van der Waals surface area contributed by atoms with Gasteiger partial charge in [0.2, 0.25) is 0 Å². The van der Waals surface area contributed by atoms with Crippen molar-refractivity contribution in [1.82, 2.24) is 25.1 Å². The molecule has 6 nitrogen and oxygen atoms in total. The Bertz CT molecular complexity index is 1050. The fourth-order valence-corrected chi connectivity index (χ4v) is 3.51. The molecule has 0 spiro atoms. The van der Waals surface area contributed by atoms with Crippen molar-refractivity contribution in [3.05, 3.63) is 77.7 Å². The summed E-state index contributed by atoms with van der Waals surface area (Å²) in [7, 11) is 0. The normalized spacial score (nSPS) is 10.9. The van der Waals surface area contributed by atoms with E-state index < -0.39 is 0 Å². The summed E-state index contributed by atoms with van der Waals surface area (Å²) in [5, 5.41) is 21.7. The van der Waals surface area contributed by atoms with Crippen molar-refractivity contribution in [2.45, 2.75) is 13.3 Å². The highest BCUT2D eigenvalue weighted by Crippen LogP contribution is 2.23. The fraction of sp³-hybridized carbons (Fsp3) is 0.150. The van der Waals surface area contributed by atoms with Crippen LogP contribution in [0.5, 0.6) is 0 Å². The molecule has 0 aliphatic rings. The summed E-state index contributed by atoms with van der Waals surface area (Å²) in [6.45, 7) is 6.81. The molecule has 0 bridgehead atoms. The summed E-state index contributed by atoms with van der Waals surface area (Å²) in [6.07, 6.45) is 0.663. The first-order chi connectivity index (χ1) is 13.2. The Morgan fingerprint density at radius 1 is 1.11 bits per heavy atom. The largest absolute Gasteiger partial charge is 0.372 e. The smallest absolute Gasteiger partial charge is 0.177 e. The lowest BCUT2D eigenvalue weighted by molar-refractivity contribution is 0.842. The molecule has 2 N–H and O–H groups in total. The highest BCUT2D eigenvalue weighted by molar-refractivity contribution is 7.13. The van der Waals surface area contributed by atoms with Gasteiger partial charge in [0.15, 0.2) is 11.5 Å². The molecule has 4 aromatic rings. The molecule has 0 radical (unpaired) electrons. The van der Waals surface area contributed by atoms with Crippen LogP contribution in [0.25, 0.3) is 16.2 Å². The highest BCUT2D eigenvalue weighted by Gasteiger charge is 2.10. The predicted molar refractivity (Wildman–Crippen MR) is 110 cm³/mol. The van der Waals surface area contributed by atoms with Gasteiger partial charge in [0.05, 0.1) is 10.7 Å². The van der Waals surface area contributed by atoms with Crippen LogP contribution in [0.1, 0.15) is 18.3 Å². The van der Waals surface area contributed by atoms with E-state index in [9.17, 15) is 0 Å². The molecule has 0 saturated carbocycles. The summed E-state index contributed by atoms with van der Waals surface area (Å²) >= 11 is 1.67. The van der Waals surface area contributed by atoms with Crippen LogP contribution in [-0.4, -0.2) is 26.4 Å². The minimum atomic E-state index is 0.663. The number of hydrogen-bond donors (Lipinski definition) is 2. The standard InChI is InChI=1S/C20H20N6S/c1-3-21-14(2)22-16-8-6-15(7-9-16)13-20-24-23-19-11-10-17(25-26(19)20)18-5-4-12-27-18/h4-12,21-22H,2-3,13H2,1H3. The molecular formula is C20H20N6S. The van der Waals surface area contributed by atoms with Gasteiger partial charge in [-0.05, 0) is 48.2 Å². The number of rotatable bonds is 7. The fourth-order valence-electron chi connectivity index (χ4n) is 2.82. The molecule has 0 fully saturated rings. The van der Waals surface area contributed by atoms with Crippen molar-refractivity contribution in [3.8, 4) is 10.6 Å². The number of aromatic nitrogens is 4. The molecule has 27 heavy (non-hydrogen) atoms. The topological polar surface area (TPSA) is 67.1 Å². The van der Waals surface area contributed by atoms with E-state index in [2.05, 4.69) is 51.0 Å². The van der Waals surface area contributed by atoms with Gasteiger partial charge >= 0.3 is 0 Å². The van der Waals surface area contributed by atoms with Gasteiger partial charge in [-0.1, -0.05) is 24.8 Å². The molecule has 0 aliphatic heterocycles. The molecule has 4 rings (SSSR count). The van der Waals surface area contributed by atoms with Gasteiger partial charge < -0.3 is 10.6 Å². The molecule has 0 aliphatic carbocycles. The number of nitrogens with one attached hydrogen (secondary N) is 2. The van der Waals surface area contributed by atoms with Crippen LogP contribution in [0.3, 0.4) is 0 Å². The van der Waals surface area contributed by atoms with E-state index in [1.54, 1.807) is 11.3 Å². The third-order valence-electron chi connectivity index (χ3n) is 4.10. The van der Waals surface area contributed by atoms with E-state index in [0.29, 0.717) is 6.42 Å². The molecule has 7 heteroatoms. The van der Waals surface area contributed by atoms with Crippen molar-refractivity contribution in [3.63, 3.8) is 0 Å². The van der Waals surface area contributed by atoms with Gasteiger partial charge in [0.1, 0.15) is 5.69 Å². The van der Waals surface area contributed by atoms with Crippen molar-refractivity contribution < 1.29 is 0 Å². The van der Waals surface area contributed by atoms with Crippen LogP contribution in [0, 0.1) is 0 Å². The van der Waals surface area contributed by atoms with Crippen LogP contribution in [0.15, 0.2) is 66.3 Å². The zero-order valence-electron chi connectivity index (χ0n) is 15.0. The van der Waals surface area contributed by atoms with E-state index in [1.807, 2.05) is 41.8 Å². The zero-order valence-corrected chi connectivity index (χ0v) is 15.8. The second-order valence-corrected chi connectivity index (χ2v) is 7.04. The van der Waals surface area contributed by atoms with Gasteiger partial charge in [-0.2, -0.15) is 9.61 Å². The third-order valence-corrected chi connectivity index (χ3v) is 4.99. The first-order valence-electron chi connectivity index (χ1n) is 8.77. The average molecular weight is 376 g/mol. The zero-order chi connectivity index (χ0) is 18.6. The number of benzene rings is 1. The van der Waals surface area contributed by atoms with Crippen molar-refractivity contribution in [1.29, 1.82) is 0 Å². The summed E-state index contributed by atoms with van der Waals surface area (Å²) in [4.78, 5) is 1.13.